The van der Waals surface area contributed by atoms with Crippen LogP contribution in [0.5, 0.6) is 0 Å². The zero-order valence-electron chi connectivity index (χ0n) is 10.2. The zero-order valence-corrected chi connectivity index (χ0v) is 10.2. The van der Waals surface area contributed by atoms with Crippen molar-refractivity contribution in [1.29, 1.82) is 5.26 Å². The SMILES string of the molecule is CN1CCN(c2cc([N+](=O)[O-])ccc2C#N)CC1. The molecule has 1 fully saturated rings. The number of anilines is 1. The van der Waals surface area contributed by atoms with Crippen molar-refractivity contribution in [2.45, 2.75) is 0 Å². The van der Waals surface area contributed by atoms with Gasteiger partial charge in [-0.25, -0.2) is 0 Å². The van der Waals surface area contributed by atoms with Crippen molar-refractivity contribution in [2.75, 3.05) is 38.1 Å². The van der Waals surface area contributed by atoms with Crippen LogP contribution < -0.4 is 4.90 Å². The van der Waals surface area contributed by atoms with Gasteiger partial charge in [-0.15, -0.1) is 0 Å². The molecule has 1 aliphatic rings. The Balaban J connectivity index is 2.33. The van der Waals surface area contributed by atoms with Crippen molar-refractivity contribution in [3.63, 3.8) is 0 Å². The van der Waals surface area contributed by atoms with Crippen LogP contribution in [0.15, 0.2) is 18.2 Å². The smallest absolute Gasteiger partial charge is 0.271 e. The summed E-state index contributed by atoms with van der Waals surface area (Å²) >= 11 is 0. The number of rotatable bonds is 2. The molecule has 0 saturated carbocycles. The van der Waals surface area contributed by atoms with Crippen LogP contribution in [0, 0.1) is 21.4 Å². The number of hydrogen-bond acceptors (Lipinski definition) is 5. The van der Waals surface area contributed by atoms with E-state index in [4.69, 9.17) is 5.26 Å². The second-order valence-corrected chi connectivity index (χ2v) is 4.36. The van der Waals surface area contributed by atoms with Crippen molar-refractivity contribution in [3.8, 4) is 6.07 Å². The van der Waals surface area contributed by atoms with Gasteiger partial charge in [0, 0.05) is 38.3 Å². The van der Waals surface area contributed by atoms with Crippen LogP contribution in [0.4, 0.5) is 11.4 Å². The largest absolute Gasteiger partial charge is 0.368 e. The van der Waals surface area contributed by atoms with Gasteiger partial charge < -0.3 is 9.80 Å². The summed E-state index contributed by atoms with van der Waals surface area (Å²) in [5.41, 5.74) is 1.19. The molecule has 0 radical (unpaired) electrons. The molecular formula is C12H14N4O2. The number of hydrogen-bond donors (Lipinski definition) is 0. The quantitative estimate of drug-likeness (QED) is 0.579. The molecule has 0 spiro atoms. The van der Waals surface area contributed by atoms with E-state index in [2.05, 4.69) is 11.0 Å². The predicted molar refractivity (Wildman–Crippen MR) is 67.5 cm³/mol. The lowest BCUT2D eigenvalue weighted by molar-refractivity contribution is -0.384. The number of non-ortho nitro benzene ring substituents is 1. The van der Waals surface area contributed by atoms with Gasteiger partial charge in [0.2, 0.25) is 0 Å². The van der Waals surface area contributed by atoms with E-state index in [9.17, 15) is 10.1 Å². The van der Waals surface area contributed by atoms with E-state index in [0.29, 0.717) is 11.3 Å². The average Bonchev–Trinajstić information content (AvgIpc) is 2.39. The molecule has 0 aromatic heterocycles. The predicted octanol–water partition coefficient (Wildman–Crippen LogP) is 1.22. The lowest BCUT2D eigenvalue weighted by Gasteiger charge is -2.34. The van der Waals surface area contributed by atoms with Crippen LogP contribution in [0.2, 0.25) is 0 Å². The Morgan fingerprint density at radius 3 is 2.56 bits per heavy atom. The van der Waals surface area contributed by atoms with E-state index in [0.717, 1.165) is 26.2 Å². The number of nitriles is 1. The maximum Gasteiger partial charge on any atom is 0.271 e. The first-order valence-electron chi connectivity index (χ1n) is 5.74. The molecule has 1 heterocycles. The van der Waals surface area contributed by atoms with Gasteiger partial charge in [0.15, 0.2) is 0 Å². The normalized spacial score (nSPS) is 16.3. The van der Waals surface area contributed by atoms with Gasteiger partial charge in [0.25, 0.3) is 5.69 Å². The van der Waals surface area contributed by atoms with Gasteiger partial charge in [-0.05, 0) is 13.1 Å². The molecule has 0 aliphatic carbocycles. The molecule has 1 aliphatic heterocycles. The van der Waals surface area contributed by atoms with E-state index < -0.39 is 4.92 Å². The second-order valence-electron chi connectivity index (χ2n) is 4.36. The van der Waals surface area contributed by atoms with Crippen molar-refractivity contribution < 1.29 is 4.92 Å². The van der Waals surface area contributed by atoms with Crippen LogP contribution >= 0.6 is 0 Å². The lowest BCUT2D eigenvalue weighted by Crippen LogP contribution is -2.44. The molecule has 0 amide bonds. The maximum atomic E-state index is 10.8. The summed E-state index contributed by atoms with van der Waals surface area (Å²) < 4.78 is 0. The first-order valence-corrected chi connectivity index (χ1v) is 5.74. The van der Waals surface area contributed by atoms with E-state index in [-0.39, 0.29) is 5.69 Å². The fourth-order valence-electron chi connectivity index (χ4n) is 2.04. The number of benzene rings is 1. The third-order valence-electron chi connectivity index (χ3n) is 3.16. The molecule has 1 saturated heterocycles. The molecular weight excluding hydrogens is 232 g/mol. The molecule has 18 heavy (non-hydrogen) atoms. The second kappa shape index (κ2) is 5.02. The minimum absolute atomic E-state index is 0.0305. The highest BCUT2D eigenvalue weighted by Gasteiger charge is 2.19. The molecule has 1 aromatic carbocycles. The van der Waals surface area contributed by atoms with Crippen molar-refractivity contribution in [2.24, 2.45) is 0 Å². The molecule has 0 atom stereocenters. The third-order valence-corrected chi connectivity index (χ3v) is 3.16. The Labute approximate surface area is 105 Å². The number of nitro groups is 1. The zero-order chi connectivity index (χ0) is 13.1. The van der Waals surface area contributed by atoms with E-state index in [1.54, 1.807) is 0 Å². The summed E-state index contributed by atoms with van der Waals surface area (Å²) in [6, 6.07) is 6.48. The summed E-state index contributed by atoms with van der Waals surface area (Å²) in [6.45, 7) is 3.36. The Kier molecular flexibility index (Phi) is 3.44. The Hall–Kier alpha value is -2.13. The third kappa shape index (κ3) is 2.41. The highest BCUT2D eigenvalue weighted by Crippen LogP contribution is 2.26. The molecule has 94 valence electrons. The van der Waals surface area contributed by atoms with Crippen LogP contribution in [-0.2, 0) is 0 Å². The van der Waals surface area contributed by atoms with Crippen LogP contribution in [0.3, 0.4) is 0 Å². The van der Waals surface area contributed by atoms with Crippen molar-refractivity contribution >= 4 is 11.4 Å². The highest BCUT2D eigenvalue weighted by atomic mass is 16.6. The summed E-state index contributed by atoms with van der Waals surface area (Å²) in [5, 5.41) is 19.9. The topological polar surface area (TPSA) is 73.4 Å². The lowest BCUT2D eigenvalue weighted by atomic mass is 10.1. The molecule has 0 bridgehead atoms. The number of nitro benzene ring substituents is 1. The number of likely N-dealkylation sites (N-methyl/N-ethyl adjacent to an activating group) is 1. The molecule has 6 heteroatoms. The minimum Gasteiger partial charge on any atom is -0.368 e. The van der Waals surface area contributed by atoms with E-state index in [1.807, 2.05) is 11.9 Å². The number of piperazine rings is 1. The van der Waals surface area contributed by atoms with Crippen LogP contribution in [0.25, 0.3) is 0 Å². The average molecular weight is 246 g/mol. The van der Waals surface area contributed by atoms with Gasteiger partial charge in [0.1, 0.15) is 6.07 Å². The Bertz CT molecular complexity index is 501. The number of nitrogens with zero attached hydrogens (tertiary/aromatic N) is 4. The standard InChI is InChI=1S/C12H14N4O2/c1-14-4-6-15(7-5-14)12-8-11(16(17)18)3-2-10(12)9-13/h2-3,8H,4-7H2,1H3. The summed E-state index contributed by atoms with van der Waals surface area (Å²) in [6.07, 6.45) is 0. The maximum absolute atomic E-state index is 10.8. The fraction of sp³-hybridized carbons (Fsp3) is 0.417. The molecule has 0 unspecified atom stereocenters. The monoisotopic (exact) mass is 246 g/mol. The Morgan fingerprint density at radius 2 is 2.00 bits per heavy atom. The first kappa shape index (κ1) is 12.3. The van der Waals surface area contributed by atoms with E-state index in [1.165, 1.54) is 18.2 Å². The van der Waals surface area contributed by atoms with Crippen LogP contribution in [0.1, 0.15) is 5.56 Å². The fourth-order valence-corrected chi connectivity index (χ4v) is 2.04. The van der Waals surface area contributed by atoms with Gasteiger partial charge in [-0.3, -0.25) is 10.1 Å². The van der Waals surface area contributed by atoms with E-state index >= 15 is 0 Å². The molecule has 2 rings (SSSR count). The molecule has 1 aromatic rings. The van der Waals surface area contributed by atoms with Gasteiger partial charge >= 0.3 is 0 Å². The Morgan fingerprint density at radius 1 is 1.33 bits per heavy atom. The van der Waals surface area contributed by atoms with Gasteiger partial charge in [-0.1, -0.05) is 0 Å². The highest BCUT2D eigenvalue weighted by molar-refractivity contribution is 5.63. The minimum atomic E-state index is -0.430. The van der Waals surface area contributed by atoms with Crippen molar-refractivity contribution in [1.82, 2.24) is 4.90 Å². The molecule has 6 nitrogen and oxygen atoms in total. The van der Waals surface area contributed by atoms with Crippen LogP contribution in [-0.4, -0.2) is 43.0 Å². The van der Waals surface area contributed by atoms with Crippen molar-refractivity contribution in [3.05, 3.63) is 33.9 Å². The summed E-state index contributed by atoms with van der Waals surface area (Å²) in [4.78, 5) is 14.6. The summed E-state index contributed by atoms with van der Waals surface area (Å²) in [7, 11) is 2.04. The summed E-state index contributed by atoms with van der Waals surface area (Å²) in [5.74, 6) is 0. The van der Waals surface area contributed by atoms with Gasteiger partial charge in [0.05, 0.1) is 16.2 Å². The first-order chi connectivity index (χ1) is 8.61. The molecule has 0 N–H and O–H groups in total. The van der Waals surface area contributed by atoms with Gasteiger partial charge in [-0.2, -0.15) is 5.26 Å².